The molecule has 0 aliphatic carbocycles. The third kappa shape index (κ3) is 4.92. The minimum atomic E-state index is -0.557. The SMILES string of the molecule is C#C/C=C/C(=O)Nc1cc2c(Nc3ccc(F)c(Cl)c3)c(C#N)cnc2cc1OCC. The highest BCUT2D eigenvalue weighted by atomic mass is 35.5. The van der Waals surface area contributed by atoms with E-state index in [-0.39, 0.29) is 10.6 Å². The normalized spacial score (nSPS) is 10.5. The maximum Gasteiger partial charge on any atom is 0.249 e. The van der Waals surface area contributed by atoms with Gasteiger partial charge in [-0.3, -0.25) is 9.78 Å². The van der Waals surface area contributed by atoms with Gasteiger partial charge in [-0.2, -0.15) is 5.26 Å². The summed E-state index contributed by atoms with van der Waals surface area (Å²) < 4.78 is 19.2. The second-order valence-electron chi connectivity index (χ2n) is 6.20. The van der Waals surface area contributed by atoms with Crippen LogP contribution in [0.5, 0.6) is 5.75 Å². The van der Waals surface area contributed by atoms with Gasteiger partial charge in [0, 0.05) is 29.4 Å². The van der Waals surface area contributed by atoms with Gasteiger partial charge in [-0.1, -0.05) is 17.5 Å². The number of hydrogen-bond acceptors (Lipinski definition) is 5. The van der Waals surface area contributed by atoms with Crippen molar-refractivity contribution in [1.82, 2.24) is 4.98 Å². The number of hydrogen-bond donors (Lipinski definition) is 2. The first-order chi connectivity index (χ1) is 15.0. The number of nitrogens with zero attached hydrogens (tertiary/aromatic N) is 2. The number of allylic oxidation sites excluding steroid dienone is 1. The van der Waals surface area contributed by atoms with E-state index < -0.39 is 11.7 Å². The van der Waals surface area contributed by atoms with Crippen LogP contribution >= 0.6 is 11.6 Å². The van der Waals surface area contributed by atoms with Gasteiger partial charge in [0.2, 0.25) is 5.91 Å². The highest BCUT2D eigenvalue weighted by Crippen LogP contribution is 2.36. The molecule has 6 nitrogen and oxygen atoms in total. The van der Waals surface area contributed by atoms with E-state index in [0.717, 1.165) is 0 Å². The number of carbonyl (C=O) groups is 1. The predicted molar refractivity (Wildman–Crippen MR) is 119 cm³/mol. The van der Waals surface area contributed by atoms with Gasteiger partial charge < -0.3 is 15.4 Å². The molecule has 0 aliphatic rings. The Labute approximate surface area is 183 Å². The topological polar surface area (TPSA) is 87.0 Å². The van der Waals surface area contributed by atoms with Crippen LogP contribution in [-0.2, 0) is 4.79 Å². The minimum absolute atomic E-state index is 0.0613. The van der Waals surface area contributed by atoms with Crippen LogP contribution in [0.4, 0.5) is 21.5 Å². The molecule has 0 bridgehead atoms. The van der Waals surface area contributed by atoms with Crippen LogP contribution < -0.4 is 15.4 Å². The molecule has 0 aliphatic heterocycles. The Kier molecular flexibility index (Phi) is 6.71. The summed E-state index contributed by atoms with van der Waals surface area (Å²) in [6.45, 7) is 2.18. The van der Waals surface area contributed by atoms with E-state index >= 15 is 0 Å². The molecule has 2 N–H and O–H groups in total. The lowest BCUT2D eigenvalue weighted by Crippen LogP contribution is -2.10. The number of rotatable bonds is 6. The van der Waals surface area contributed by atoms with Crippen molar-refractivity contribution in [2.75, 3.05) is 17.2 Å². The highest BCUT2D eigenvalue weighted by Gasteiger charge is 2.15. The van der Waals surface area contributed by atoms with Crippen LogP contribution in [0.2, 0.25) is 5.02 Å². The minimum Gasteiger partial charge on any atom is -0.492 e. The zero-order chi connectivity index (χ0) is 22.4. The van der Waals surface area contributed by atoms with Crippen LogP contribution in [0.25, 0.3) is 10.9 Å². The smallest absolute Gasteiger partial charge is 0.249 e. The largest absolute Gasteiger partial charge is 0.492 e. The number of nitrogens with one attached hydrogen (secondary N) is 2. The molecule has 0 unspecified atom stereocenters. The van der Waals surface area contributed by atoms with Crippen molar-refractivity contribution < 1.29 is 13.9 Å². The van der Waals surface area contributed by atoms with Crippen molar-refractivity contribution in [3.8, 4) is 24.2 Å². The van der Waals surface area contributed by atoms with Crippen molar-refractivity contribution >= 4 is 45.5 Å². The quantitative estimate of drug-likeness (QED) is 0.413. The molecule has 0 saturated heterocycles. The second-order valence-corrected chi connectivity index (χ2v) is 6.61. The molecule has 0 spiro atoms. The monoisotopic (exact) mass is 434 g/mol. The fourth-order valence-corrected chi connectivity index (χ4v) is 3.01. The number of carbonyl (C=O) groups excluding carboxylic acids is 1. The van der Waals surface area contributed by atoms with Crippen molar-refractivity contribution in [1.29, 1.82) is 5.26 Å². The molecule has 8 heteroatoms. The number of nitriles is 1. The standard InChI is InChI=1S/C23H16ClFN4O2/c1-3-5-6-22(30)29-20-10-16-19(11-21(20)31-4-2)27-13-14(12-26)23(16)28-15-7-8-18(25)17(24)9-15/h1,5-11,13H,4H2,2H3,(H,27,28)(H,29,30)/b6-5+. The van der Waals surface area contributed by atoms with Gasteiger partial charge in [-0.15, -0.1) is 6.42 Å². The van der Waals surface area contributed by atoms with Crippen molar-refractivity contribution in [2.24, 2.45) is 0 Å². The molecule has 1 aromatic heterocycles. The van der Waals surface area contributed by atoms with E-state index in [1.807, 2.05) is 6.92 Å². The molecule has 0 radical (unpaired) electrons. The predicted octanol–water partition coefficient (Wildman–Crippen LogP) is 5.17. The Morgan fingerprint density at radius 1 is 1.39 bits per heavy atom. The molecule has 3 rings (SSSR count). The van der Waals surface area contributed by atoms with E-state index in [2.05, 4.69) is 27.6 Å². The number of aromatic nitrogens is 1. The van der Waals surface area contributed by atoms with Gasteiger partial charge >= 0.3 is 0 Å². The zero-order valence-corrected chi connectivity index (χ0v) is 17.1. The Balaban J connectivity index is 2.15. The number of anilines is 3. The van der Waals surface area contributed by atoms with E-state index in [0.29, 0.717) is 40.3 Å². The van der Waals surface area contributed by atoms with Gasteiger partial charge in [-0.05, 0) is 37.3 Å². The molecule has 0 saturated carbocycles. The number of fused-ring (bicyclic) bond motifs is 1. The molecule has 0 fully saturated rings. The molecule has 154 valence electrons. The first-order valence-corrected chi connectivity index (χ1v) is 9.50. The molecule has 1 amide bonds. The summed E-state index contributed by atoms with van der Waals surface area (Å²) in [6, 6.07) is 9.50. The zero-order valence-electron chi connectivity index (χ0n) is 16.4. The van der Waals surface area contributed by atoms with Crippen LogP contribution in [0.3, 0.4) is 0 Å². The Morgan fingerprint density at radius 3 is 2.87 bits per heavy atom. The van der Waals surface area contributed by atoms with Crippen LogP contribution in [0.1, 0.15) is 12.5 Å². The molecule has 0 atom stereocenters. The lowest BCUT2D eigenvalue weighted by Gasteiger charge is -2.16. The Bertz CT molecular complexity index is 1280. The van der Waals surface area contributed by atoms with Gasteiger partial charge in [0.25, 0.3) is 0 Å². The Morgan fingerprint density at radius 2 is 2.19 bits per heavy atom. The summed E-state index contributed by atoms with van der Waals surface area (Å²) in [5, 5.41) is 15.9. The fraction of sp³-hybridized carbons (Fsp3) is 0.0870. The van der Waals surface area contributed by atoms with E-state index in [9.17, 15) is 14.4 Å². The van der Waals surface area contributed by atoms with Crippen molar-refractivity contribution in [3.63, 3.8) is 0 Å². The van der Waals surface area contributed by atoms with Crippen LogP contribution in [0, 0.1) is 29.5 Å². The molecule has 1 heterocycles. The summed E-state index contributed by atoms with van der Waals surface area (Å²) >= 11 is 5.87. The summed E-state index contributed by atoms with van der Waals surface area (Å²) in [5.74, 6) is 1.66. The third-order valence-electron chi connectivity index (χ3n) is 4.17. The number of benzene rings is 2. The average molecular weight is 435 g/mol. The number of pyridine rings is 1. The number of ether oxygens (including phenoxy) is 1. The van der Waals surface area contributed by atoms with E-state index in [1.54, 1.807) is 12.1 Å². The van der Waals surface area contributed by atoms with Gasteiger partial charge in [0.15, 0.2) is 0 Å². The lowest BCUT2D eigenvalue weighted by atomic mass is 10.1. The average Bonchev–Trinajstić information content (AvgIpc) is 2.76. The molecular formula is C23H16ClFN4O2. The molecule has 3 aromatic rings. The van der Waals surface area contributed by atoms with Crippen molar-refractivity contribution in [2.45, 2.75) is 6.92 Å². The summed E-state index contributed by atoms with van der Waals surface area (Å²) in [7, 11) is 0. The molecular weight excluding hydrogens is 419 g/mol. The van der Waals surface area contributed by atoms with Crippen molar-refractivity contribution in [3.05, 3.63) is 65.1 Å². The van der Waals surface area contributed by atoms with E-state index in [4.69, 9.17) is 22.8 Å². The second kappa shape index (κ2) is 9.62. The maximum absolute atomic E-state index is 13.5. The van der Waals surface area contributed by atoms with Crippen LogP contribution in [-0.4, -0.2) is 17.5 Å². The van der Waals surface area contributed by atoms with Gasteiger partial charge in [-0.25, -0.2) is 4.39 Å². The lowest BCUT2D eigenvalue weighted by molar-refractivity contribution is -0.111. The van der Waals surface area contributed by atoms with E-state index in [1.165, 1.54) is 36.5 Å². The summed E-state index contributed by atoms with van der Waals surface area (Å²) in [5.41, 5.74) is 2.05. The highest BCUT2D eigenvalue weighted by molar-refractivity contribution is 6.31. The number of halogens is 2. The number of amides is 1. The summed E-state index contributed by atoms with van der Waals surface area (Å²) in [6.07, 6.45) is 9.05. The molecule has 2 aromatic carbocycles. The van der Waals surface area contributed by atoms with Gasteiger partial charge in [0.05, 0.1) is 34.1 Å². The fourth-order valence-electron chi connectivity index (χ4n) is 2.83. The first kappa shape index (κ1) is 21.6. The van der Waals surface area contributed by atoms with Crippen LogP contribution in [0.15, 0.2) is 48.7 Å². The van der Waals surface area contributed by atoms with Gasteiger partial charge in [0.1, 0.15) is 17.6 Å². The molecule has 31 heavy (non-hydrogen) atoms. The summed E-state index contributed by atoms with van der Waals surface area (Å²) in [4.78, 5) is 16.5. The number of terminal acetylenes is 1. The maximum atomic E-state index is 13.5. The Hall–Kier alpha value is -4.07. The first-order valence-electron chi connectivity index (χ1n) is 9.12. The third-order valence-corrected chi connectivity index (χ3v) is 4.46.